The van der Waals surface area contributed by atoms with Crippen LogP contribution in [0.5, 0.6) is 5.88 Å². The molecule has 8 rings (SSSR count). The first kappa shape index (κ1) is 38.5. The number of ether oxygens (including phenoxy) is 2. The van der Waals surface area contributed by atoms with Gasteiger partial charge in [0, 0.05) is 55.7 Å². The molecule has 1 saturated carbocycles. The molecule has 4 aliphatic rings. The molecule has 4 atom stereocenters. The third-order valence-corrected chi connectivity index (χ3v) is 11.6. The molecule has 16 heteroatoms. The Morgan fingerprint density at radius 1 is 0.965 bits per heavy atom. The second-order valence-corrected chi connectivity index (χ2v) is 15.4. The number of fused-ring (bicyclic) bond motifs is 8. The van der Waals surface area contributed by atoms with Gasteiger partial charge in [0.1, 0.15) is 17.6 Å². The van der Waals surface area contributed by atoms with Gasteiger partial charge in [0.05, 0.1) is 42.5 Å². The number of benzene rings is 2. The molecule has 0 spiro atoms. The van der Waals surface area contributed by atoms with E-state index >= 15 is 0 Å². The molecule has 3 amide bonds. The van der Waals surface area contributed by atoms with E-state index in [4.69, 9.17) is 9.47 Å². The Morgan fingerprint density at radius 2 is 1.75 bits per heavy atom. The zero-order valence-electron chi connectivity index (χ0n) is 31.2. The van der Waals surface area contributed by atoms with Crippen LogP contribution in [0.3, 0.4) is 0 Å². The highest BCUT2D eigenvalue weighted by Crippen LogP contribution is 2.36. The predicted octanol–water partition coefficient (Wildman–Crippen LogP) is 5.98. The Labute approximate surface area is 326 Å². The topological polar surface area (TPSA) is 132 Å². The molecule has 2 aromatic heterocycles. The lowest BCUT2D eigenvalue weighted by molar-refractivity contribution is -0.139. The third kappa shape index (κ3) is 8.80. The van der Waals surface area contributed by atoms with Gasteiger partial charge in [-0.05, 0) is 80.0 Å². The minimum atomic E-state index is -4.68. The highest BCUT2D eigenvalue weighted by molar-refractivity contribution is 5.99. The van der Waals surface area contributed by atoms with Crippen molar-refractivity contribution in [2.75, 3.05) is 26.2 Å². The summed E-state index contributed by atoms with van der Waals surface area (Å²) in [6, 6.07) is 13.0. The molecular formula is C41H43F4N7O5. The number of nitrogens with one attached hydrogen (secondary N) is 1. The molecule has 1 aliphatic carbocycles. The van der Waals surface area contributed by atoms with E-state index in [9.17, 15) is 31.9 Å². The second-order valence-electron chi connectivity index (χ2n) is 15.4. The van der Waals surface area contributed by atoms with Crippen molar-refractivity contribution in [3.8, 4) is 22.8 Å². The first-order chi connectivity index (χ1) is 27.5. The molecule has 4 aromatic rings. The predicted molar refractivity (Wildman–Crippen MR) is 197 cm³/mol. The standard InChI is InChI=1S/C41H43F4N7O5/c42-30-8-10-33(11-9-30)52-22-32(48-49-52)24-57-34-20-36-40(55)50-14-12-25(17-37(53)46-31-6-1-2-7-31)28(21-50)13-15-56-38-19-29(41(43,44)45)18-35(47-38)26-4-3-5-27(16-26)39(54)51(36)23-34/h3-5,8-11,16,18-19,22,25,28,31,34,36H,1-2,6-7,12-15,17,20-21,23-24H2,(H,46,53)/t25-,28-,34+,36-/m0/s1. The van der Waals surface area contributed by atoms with E-state index in [2.05, 4.69) is 20.6 Å². The SMILES string of the molecule is O=C(C[C@@H]1CCN2C[C@@H]1CCOc1cc(C(F)(F)F)cc(n1)-c1cccc(c1)C(=O)N1C[C@H](OCc3cn(-c4ccc(F)cc4)nn3)C[C@H]1C2=O)NC1CCCC1. The summed E-state index contributed by atoms with van der Waals surface area (Å²) in [5.41, 5.74) is 0.589. The summed E-state index contributed by atoms with van der Waals surface area (Å²) in [5, 5.41) is 11.4. The largest absolute Gasteiger partial charge is 0.478 e. The van der Waals surface area contributed by atoms with Crippen molar-refractivity contribution in [2.45, 2.75) is 82.3 Å². The van der Waals surface area contributed by atoms with Gasteiger partial charge in [-0.25, -0.2) is 14.1 Å². The maximum atomic E-state index is 14.5. The Morgan fingerprint density at radius 3 is 2.54 bits per heavy atom. The van der Waals surface area contributed by atoms with Gasteiger partial charge in [0.15, 0.2) is 0 Å². The zero-order chi connectivity index (χ0) is 39.7. The normalized spacial score (nSPS) is 23.0. The number of alkyl halides is 3. The van der Waals surface area contributed by atoms with Gasteiger partial charge < -0.3 is 24.6 Å². The first-order valence-electron chi connectivity index (χ1n) is 19.5. The van der Waals surface area contributed by atoms with E-state index in [1.807, 2.05) is 0 Å². The van der Waals surface area contributed by atoms with Crippen LogP contribution in [0.1, 0.15) is 73.0 Å². The Bertz CT molecular complexity index is 2110. The van der Waals surface area contributed by atoms with Crippen molar-refractivity contribution in [1.29, 1.82) is 0 Å². The van der Waals surface area contributed by atoms with Crippen LogP contribution < -0.4 is 10.1 Å². The van der Waals surface area contributed by atoms with Crippen molar-refractivity contribution in [3.05, 3.63) is 89.5 Å². The van der Waals surface area contributed by atoms with E-state index in [1.165, 1.54) is 27.8 Å². The number of piperidine rings is 1. The number of hydrogen-bond donors (Lipinski definition) is 1. The van der Waals surface area contributed by atoms with Crippen molar-refractivity contribution < 1.29 is 41.4 Å². The van der Waals surface area contributed by atoms with Crippen molar-refractivity contribution >= 4 is 17.7 Å². The summed E-state index contributed by atoms with van der Waals surface area (Å²) in [6.45, 7) is 0.798. The monoisotopic (exact) mass is 789 g/mol. The lowest BCUT2D eigenvalue weighted by atomic mass is 9.80. The number of hydrogen-bond acceptors (Lipinski definition) is 8. The number of halogens is 4. The molecule has 300 valence electrons. The first-order valence-corrected chi connectivity index (χ1v) is 19.5. The number of rotatable bonds is 7. The second kappa shape index (κ2) is 16.2. The zero-order valence-corrected chi connectivity index (χ0v) is 31.2. The average Bonchev–Trinajstić information content (AvgIpc) is 3.99. The van der Waals surface area contributed by atoms with Gasteiger partial charge in [-0.3, -0.25) is 14.4 Å². The van der Waals surface area contributed by atoms with Crippen LogP contribution in [0, 0.1) is 17.7 Å². The van der Waals surface area contributed by atoms with Crippen LogP contribution in [-0.4, -0.2) is 91.9 Å². The average molecular weight is 790 g/mol. The molecule has 1 N–H and O–H groups in total. The van der Waals surface area contributed by atoms with Crippen LogP contribution in [-0.2, 0) is 27.1 Å². The molecule has 12 nitrogen and oxygen atoms in total. The van der Waals surface area contributed by atoms with Crippen LogP contribution in [0.25, 0.3) is 16.9 Å². The Kier molecular flexibility index (Phi) is 11.0. The van der Waals surface area contributed by atoms with Gasteiger partial charge >= 0.3 is 6.18 Å². The van der Waals surface area contributed by atoms with Gasteiger partial charge in [-0.2, -0.15) is 13.2 Å². The molecule has 3 aliphatic heterocycles. The van der Waals surface area contributed by atoms with Crippen molar-refractivity contribution in [2.24, 2.45) is 11.8 Å². The van der Waals surface area contributed by atoms with E-state index in [1.54, 1.807) is 41.4 Å². The highest BCUT2D eigenvalue weighted by atomic mass is 19.4. The molecule has 0 unspecified atom stereocenters. The number of carbonyl (C=O) groups excluding carboxylic acids is 3. The lowest BCUT2D eigenvalue weighted by Crippen LogP contribution is -2.52. The van der Waals surface area contributed by atoms with Gasteiger partial charge in [-0.15, -0.1) is 5.10 Å². The molecule has 2 aromatic carbocycles. The molecule has 6 bridgehead atoms. The lowest BCUT2D eigenvalue weighted by Gasteiger charge is -2.40. The molecule has 57 heavy (non-hydrogen) atoms. The number of amides is 3. The molecule has 3 fully saturated rings. The maximum absolute atomic E-state index is 14.5. The van der Waals surface area contributed by atoms with E-state index in [0.717, 1.165) is 37.8 Å². The number of nitrogens with zero attached hydrogens (tertiary/aromatic N) is 6. The summed E-state index contributed by atoms with van der Waals surface area (Å²) in [4.78, 5) is 49.7. The fourth-order valence-corrected chi connectivity index (χ4v) is 8.53. The highest BCUT2D eigenvalue weighted by Gasteiger charge is 2.44. The number of pyridine rings is 1. The third-order valence-electron chi connectivity index (χ3n) is 11.6. The number of carbonyl (C=O) groups is 3. The Hall–Kier alpha value is -5.38. The van der Waals surface area contributed by atoms with Gasteiger partial charge in [0.2, 0.25) is 17.7 Å². The van der Waals surface area contributed by atoms with Gasteiger partial charge in [0.25, 0.3) is 5.91 Å². The Balaban J connectivity index is 1.07. The fourth-order valence-electron chi connectivity index (χ4n) is 8.53. The summed E-state index contributed by atoms with van der Waals surface area (Å²) >= 11 is 0. The summed E-state index contributed by atoms with van der Waals surface area (Å²) in [7, 11) is 0. The molecule has 2 saturated heterocycles. The van der Waals surface area contributed by atoms with E-state index in [-0.39, 0.29) is 97.4 Å². The smallest absolute Gasteiger partial charge is 0.416 e. The van der Waals surface area contributed by atoms with Gasteiger partial charge in [-0.1, -0.05) is 30.2 Å². The van der Waals surface area contributed by atoms with Crippen LogP contribution >= 0.6 is 0 Å². The maximum Gasteiger partial charge on any atom is 0.416 e. The fraction of sp³-hybridized carbons (Fsp3) is 0.463. The van der Waals surface area contributed by atoms with Crippen LogP contribution in [0.15, 0.2) is 66.9 Å². The van der Waals surface area contributed by atoms with Crippen molar-refractivity contribution in [3.63, 3.8) is 0 Å². The summed E-state index contributed by atoms with van der Waals surface area (Å²) in [5.74, 6) is -1.64. The quantitative estimate of drug-likeness (QED) is 0.226. The summed E-state index contributed by atoms with van der Waals surface area (Å²) < 4.78 is 69.5. The van der Waals surface area contributed by atoms with E-state index in [0.29, 0.717) is 30.8 Å². The van der Waals surface area contributed by atoms with E-state index < -0.39 is 29.8 Å². The van der Waals surface area contributed by atoms with Crippen LogP contribution in [0.4, 0.5) is 17.6 Å². The molecule has 0 radical (unpaired) electrons. The van der Waals surface area contributed by atoms with Crippen LogP contribution in [0.2, 0.25) is 0 Å². The summed E-state index contributed by atoms with van der Waals surface area (Å²) in [6.07, 6.45) is 1.83. The van der Waals surface area contributed by atoms with Crippen molar-refractivity contribution in [1.82, 2.24) is 35.1 Å². The molecular weight excluding hydrogens is 746 g/mol. The number of aromatic nitrogens is 4. The molecule has 5 heterocycles. The minimum absolute atomic E-state index is 0.0178. The minimum Gasteiger partial charge on any atom is -0.478 e.